The monoisotopic (exact) mass is 906 g/mol. The molecule has 0 aliphatic heterocycles. The highest BCUT2D eigenvalue weighted by Crippen LogP contribution is 2.42. The molecule has 7 aromatic rings. The molecule has 2 N–H and O–H groups in total. The van der Waals surface area contributed by atoms with Gasteiger partial charge in [-0.2, -0.15) is 10.5 Å². The first-order valence-electron chi connectivity index (χ1n) is 23.9. The average Bonchev–Trinajstić information content (AvgIpc) is 4.20. The largest absolute Gasteiger partial charge is 0.443 e. The van der Waals surface area contributed by atoms with Crippen molar-refractivity contribution in [1.82, 2.24) is 24.3 Å². The molecule has 10 rings (SSSR count). The Balaban J connectivity index is 0.000000148. The van der Waals surface area contributed by atoms with Crippen molar-refractivity contribution in [2.24, 2.45) is 0 Å². The van der Waals surface area contributed by atoms with Crippen LogP contribution in [0.4, 0.5) is 10.5 Å². The summed E-state index contributed by atoms with van der Waals surface area (Å²) in [6.07, 6.45) is 14.9. The van der Waals surface area contributed by atoms with Crippen LogP contribution in [-0.2, 0) is 16.1 Å². The summed E-state index contributed by atoms with van der Waals surface area (Å²) in [4.78, 5) is 39.1. The lowest BCUT2D eigenvalue weighted by molar-refractivity contribution is -0.117. The van der Waals surface area contributed by atoms with Crippen LogP contribution < -0.4 is 0 Å². The number of nitrogens with one attached hydrogen (secondary N) is 2. The normalized spacial score (nSPS) is 20.2. The molecule has 3 fully saturated rings. The molecule has 5 unspecified atom stereocenters. The molecule has 11 nitrogen and oxygen atoms in total. The number of aromatic nitrogens is 3. The molecule has 68 heavy (non-hydrogen) atoms. The zero-order valence-corrected chi connectivity index (χ0v) is 40.2. The van der Waals surface area contributed by atoms with E-state index in [0.717, 1.165) is 70.8 Å². The lowest BCUT2D eigenvalue weighted by Gasteiger charge is -2.24. The van der Waals surface area contributed by atoms with Crippen molar-refractivity contribution in [3.8, 4) is 12.1 Å². The Labute approximate surface area is 400 Å². The van der Waals surface area contributed by atoms with E-state index in [9.17, 15) is 14.9 Å². The molecule has 3 aliphatic rings. The summed E-state index contributed by atoms with van der Waals surface area (Å²) in [6.45, 7) is 13.7. The Kier molecular flexibility index (Phi) is 14.3. The van der Waals surface area contributed by atoms with Gasteiger partial charge in [-0.15, -0.1) is 0 Å². The third-order valence-electron chi connectivity index (χ3n) is 14.2. The fourth-order valence-corrected chi connectivity index (χ4v) is 10.6. The predicted molar refractivity (Wildman–Crippen MR) is 270 cm³/mol. The van der Waals surface area contributed by atoms with Gasteiger partial charge in [-0.3, -0.25) is 14.3 Å². The van der Waals surface area contributed by atoms with Gasteiger partial charge in [0, 0.05) is 71.9 Å². The number of ketones is 1. The van der Waals surface area contributed by atoms with Crippen molar-refractivity contribution in [3.63, 3.8) is 0 Å². The summed E-state index contributed by atoms with van der Waals surface area (Å²) in [7, 11) is 6.52. The molecule has 0 bridgehead atoms. The molecule has 0 saturated heterocycles. The van der Waals surface area contributed by atoms with E-state index in [4.69, 9.17) is 16.6 Å². The SMILES string of the molecule is CN(Cc1ccccc1)C1CCC(c2cn(C(=O)OC(C)(C)C)c3ccc(C#N)cc23)C1.N#Cc1ccc2[nH]cc(C3CCC(=O)C3)c2c1.[C-]#[N+]c1ccc2[nH]cc(C3CCC(N(C)C)C3)c2c1. The summed E-state index contributed by atoms with van der Waals surface area (Å²) in [5, 5.41) is 21.6. The third-order valence-corrected chi connectivity index (χ3v) is 14.2. The highest BCUT2D eigenvalue weighted by atomic mass is 16.6. The molecule has 348 valence electrons. The standard InChI is InChI=1S/C27H31N3O2.C16H19N3.C14H12N2O/c1-27(2,3)32-26(31)30-18-24(23-14-20(16-28)10-13-25(23)30)21-11-12-22(15-21)29(4)17-19-8-6-5-7-9-19;1-17-12-5-7-16-14(9-12)15(10-18-16)11-4-6-13(8-11)19(2)3;15-7-9-1-4-14-12(5-9)13(8-16-14)10-2-3-11(17)6-10/h5-10,13-14,18,21-22H,11-12,15,17H2,1-4H3;5,7,9-11,13,18H,4,6,8H2,2-3H3;1,4-5,8,10,16H,2-3,6H2. The Morgan fingerprint density at radius 1 is 0.765 bits per heavy atom. The maximum atomic E-state index is 12.9. The number of carbonyl (C=O) groups is 2. The number of carbonyl (C=O) groups excluding carboxylic acids is 2. The molecule has 0 spiro atoms. The van der Waals surface area contributed by atoms with E-state index in [1.54, 1.807) is 10.6 Å². The molecule has 0 amide bonds. The fourth-order valence-electron chi connectivity index (χ4n) is 10.6. The molecular weight excluding hydrogens is 845 g/mol. The van der Waals surface area contributed by atoms with Crippen LogP contribution in [0.2, 0.25) is 0 Å². The highest BCUT2D eigenvalue weighted by Gasteiger charge is 2.33. The van der Waals surface area contributed by atoms with Crippen molar-refractivity contribution in [3.05, 3.63) is 148 Å². The molecule has 3 saturated carbocycles. The van der Waals surface area contributed by atoms with Gasteiger partial charge in [0.15, 0.2) is 5.69 Å². The van der Waals surface area contributed by atoms with Crippen molar-refractivity contribution < 1.29 is 14.3 Å². The summed E-state index contributed by atoms with van der Waals surface area (Å²) in [6, 6.07) is 33.2. The van der Waals surface area contributed by atoms with E-state index in [1.807, 2.05) is 87.8 Å². The summed E-state index contributed by atoms with van der Waals surface area (Å²) >= 11 is 0. The second-order valence-electron chi connectivity index (χ2n) is 20.2. The summed E-state index contributed by atoms with van der Waals surface area (Å²) < 4.78 is 7.25. The van der Waals surface area contributed by atoms with Gasteiger partial charge in [-0.25, -0.2) is 9.64 Å². The number of benzene rings is 4. The number of rotatable bonds is 7. The minimum absolute atomic E-state index is 0.324. The number of Topliss-reactive ketones (excluding diaryl/α,β-unsaturated/α-hetero) is 1. The highest BCUT2D eigenvalue weighted by molar-refractivity contribution is 5.93. The van der Waals surface area contributed by atoms with E-state index in [2.05, 4.69) is 88.4 Å². The van der Waals surface area contributed by atoms with Gasteiger partial charge in [0.2, 0.25) is 0 Å². The first-order valence-corrected chi connectivity index (χ1v) is 23.9. The van der Waals surface area contributed by atoms with Gasteiger partial charge >= 0.3 is 6.09 Å². The number of ether oxygens (including phenoxy) is 1. The van der Waals surface area contributed by atoms with Crippen LogP contribution in [0.5, 0.6) is 0 Å². The van der Waals surface area contributed by atoms with E-state index in [0.29, 0.717) is 59.6 Å². The van der Waals surface area contributed by atoms with Gasteiger partial charge in [0.05, 0.1) is 35.4 Å². The first kappa shape index (κ1) is 47.5. The summed E-state index contributed by atoms with van der Waals surface area (Å²) in [5.74, 6) is 1.64. The maximum Gasteiger partial charge on any atom is 0.419 e. The van der Waals surface area contributed by atoms with E-state index >= 15 is 0 Å². The Hall–Kier alpha value is -6.97. The Morgan fingerprint density at radius 3 is 1.99 bits per heavy atom. The van der Waals surface area contributed by atoms with Gasteiger partial charge in [-0.05, 0) is 181 Å². The summed E-state index contributed by atoms with van der Waals surface area (Å²) in [5.41, 5.74) is 9.46. The van der Waals surface area contributed by atoms with Gasteiger partial charge in [0.1, 0.15) is 11.4 Å². The minimum Gasteiger partial charge on any atom is -0.443 e. The predicted octanol–water partition coefficient (Wildman–Crippen LogP) is 12.9. The quantitative estimate of drug-likeness (QED) is 0.152. The molecule has 5 atom stereocenters. The van der Waals surface area contributed by atoms with E-state index in [-0.39, 0.29) is 6.09 Å². The van der Waals surface area contributed by atoms with Crippen LogP contribution in [0, 0.1) is 29.2 Å². The molecule has 3 aliphatic carbocycles. The number of hydrogen-bond donors (Lipinski definition) is 2. The second-order valence-corrected chi connectivity index (χ2v) is 20.2. The van der Waals surface area contributed by atoms with E-state index in [1.165, 1.54) is 41.3 Å². The van der Waals surface area contributed by atoms with Crippen LogP contribution in [0.15, 0.2) is 104 Å². The number of nitriles is 2. The lowest BCUT2D eigenvalue weighted by Crippen LogP contribution is -2.28. The smallest absolute Gasteiger partial charge is 0.419 e. The molecule has 4 aromatic carbocycles. The van der Waals surface area contributed by atoms with Crippen molar-refractivity contribution in [1.29, 1.82) is 10.5 Å². The Morgan fingerprint density at radius 2 is 1.37 bits per heavy atom. The van der Waals surface area contributed by atoms with Crippen molar-refractivity contribution in [2.75, 3.05) is 21.1 Å². The molecule has 11 heteroatoms. The molecule has 3 heterocycles. The van der Waals surface area contributed by atoms with E-state index < -0.39 is 5.60 Å². The number of aromatic amines is 2. The van der Waals surface area contributed by atoms with Crippen LogP contribution in [-0.4, -0.2) is 75.0 Å². The number of fused-ring (bicyclic) bond motifs is 3. The fraction of sp³-hybridized carbons (Fsp3) is 0.386. The van der Waals surface area contributed by atoms with Gasteiger partial charge < -0.3 is 19.6 Å². The molecular formula is C57H62N8O3. The topological polar surface area (TPSA) is 138 Å². The Bertz CT molecular complexity index is 3060. The van der Waals surface area contributed by atoms with Crippen molar-refractivity contribution >= 4 is 50.3 Å². The van der Waals surface area contributed by atoms with Gasteiger partial charge in [0.25, 0.3) is 0 Å². The molecule has 3 aromatic heterocycles. The average molecular weight is 907 g/mol. The van der Waals surface area contributed by atoms with Crippen LogP contribution in [0.3, 0.4) is 0 Å². The number of H-pyrrole nitrogens is 2. The minimum atomic E-state index is -0.570. The second kappa shape index (κ2) is 20.5. The van der Waals surface area contributed by atoms with Gasteiger partial charge in [-0.1, -0.05) is 36.4 Å². The van der Waals surface area contributed by atoms with Crippen molar-refractivity contribution in [2.45, 2.75) is 121 Å². The van der Waals surface area contributed by atoms with Crippen LogP contribution in [0.1, 0.15) is 130 Å². The molecule has 0 radical (unpaired) electrons. The van der Waals surface area contributed by atoms with Crippen LogP contribution in [0.25, 0.3) is 37.6 Å². The zero-order valence-electron chi connectivity index (χ0n) is 40.2. The van der Waals surface area contributed by atoms with Crippen LogP contribution >= 0.6 is 0 Å². The first-order chi connectivity index (χ1) is 32.7. The maximum absolute atomic E-state index is 12.9. The lowest BCUT2D eigenvalue weighted by atomic mass is 9.96. The number of hydrogen-bond acceptors (Lipinski definition) is 7. The third kappa shape index (κ3) is 10.7. The zero-order chi connectivity index (χ0) is 48.1. The number of nitrogens with zero attached hydrogens (tertiary/aromatic N) is 6.